The maximum Gasteiger partial charge on any atom is 0.242 e. The van der Waals surface area contributed by atoms with E-state index in [9.17, 15) is 4.79 Å². The van der Waals surface area contributed by atoms with E-state index < -0.39 is 0 Å². The SMILES string of the molecule is CN=C(NCC(=O)N1CCc2sccc2C1)NC1CCC(C(C)C)CC1.I. The van der Waals surface area contributed by atoms with Gasteiger partial charge in [0.1, 0.15) is 0 Å². The summed E-state index contributed by atoms with van der Waals surface area (Å²) in [5, 5.41) is 8.84. The molecule has 1 amide bonds. The Balaban J connectivity index is 0.00000261. The van der Waals surface area contributed by atoms with Crippen LogP contribution in [0.5, 0.6) is 0 Å². The van der Waals surface area contributed by atoms with E-state index in [-0.39, 0.29) is 29.9 Å². The molecule has 0 aromatic carbocycles. The molecule has 0 radical (unpaired) electrons. The molecule has 0 atom stereocenters. The molecule has 0 saturated heterocycles. The van der Waals surface area contributed by atoms with E-state index in [0.717, 1.165) is 37.3 Å². The Kier molecular flexibility index (Phi) is 8.85. The molecule has 1 saturated carbocycles. The van der Waals surface area contributed by atoms with E-state index in [1.54, 1.807) is 18.4 Å². The number of amides is 1. The number of hydrogen-bond donors (Lipinski definition) is 2. The number of hydrogen-bond acceptors (Lipinski definition) is 3. The van der Waals surface area contributed by atoms with E-state index in [1.165, 1.54) is 36.1 Å². The third-order valence-electron chi connectivity index (χ3n) is 5.85. The third kappa shape index (κ3) is 6.07. The first-order valence-corrected chi connectivity index (χ1v) is 10.7. The van der Waals surface area contributed by atoms with Gasteiger partial charge in [0.15, 0.2) is 5.96 Å². The van der Waals surface area contributed by atoms with Crippen LogP contribution in [-0.4, -0.2) is 42.9 Å². The third-order valence-corrected chi connectivity index (χ3v) is 6.87. The lowest BCUT2D eigenvalue weighted by atomic mass is 9.80. The van der Waals surface area contributed by atoms with Gasteiger partial charge in [0, 0.05) is 31.1 Å². The smallest absolute Gasteiger partial charge is 0.242 e. The van der Waals surface area contributed by atoms with Gasteiger partial charge in [-0.3, -0.25) is 9.79 Å². The van der Waals surface area contributed by atoms with Crippen LogP contribution in [0.1, 0.15) is 50.0 Å². The number of carbonyl (C=O) groups excluding carboxylic acids is 1. The van der Waals surface area contributed by atoms with Crippen LogP contribution in [0.25, 0.3) is 0 Å². The molecule has 152 valence electrons. The number of carbonyl (C=O) groups is 1. The molecule has 1 aromatic heterocycles. The van der Waals surface area contributed by atoms with Gasteiger partial charge in [-0.05, 0) is 60.9 Å². The minimum absolute atomic E-state index is 0. The van der Waals surface area contributed by atoms with Crippen molar-refractivity contribution in [3.05, 3.63) is 21.9 Å². The maximum absolute atomic E-state index is 12.5. The van der Waals surface area contributed by atoms with Gasteiger partial charge in [0.2, 0.25) is 5.91 Å². The van der Waals surface area contributed by atoms with Crippen LogP contribution in [0, 0.1) is 11.8 Å². The minimum atomic E-state index is 0. The molecule has 2 N–H and O–H groups in total. The van der Waals surface area contributed by atoms with Crippen LogP contribution in [-0.2, 0) is 17.8 Å². The molecule has 2 aliphatic rings. The van der Waals surface area contributed by atoms with E-state index >= 15 is 0 Å². The number of nitrogens with one attached hydrogen (secondary N) is 2. The number of guanidine groups is 1. The van der Waals surface area contributed by atoms with E-state index in [4.69, 9.17) is 0 Å². The first-order valence-electron chi connectivity index (χ1n) is 9.87. The van der Waals surface area contributed by atoms with Crippen molar-refractivity contribution in [1.29, 1.82) is 0 Å². The normalized spacial score (nSPS) is 22.8. The summed E-state index contributed by atoms with van der Waals surface area (Å²) in [6, 6.07) is 2.61. The number of aliphatic imine (C=N–C) groups is 1. The van der Waals surface area contributed by atoms with Gasteiger partial charge in [0.05, 0.1) is 6.54 Å². The summed E-state index contributed by atoms with van der Waals surface area (Å²) in [6.07, 6.45) is 5.91. The van der Waals surface area contributed by atoms with Gasteiger partial charge in [-0.15, -0.1) is 35.3 Å². The second-order valence-corrected chi connectivity index (χ2v) is 8.86. The van der Waals surface area contributed by atoms with Crippen LogP contribution in [0.15, 0.2) is 16.4 Å². The van der Waals surface area contributed by atoms with E-state index in [1.807, 2.05) is 4.90 Å². The quantitative estimate of drug-likeness (QED) is 0.374. The lowest BCUT2D eigenvalue weighted by Gasteiger charge is -2.32. The van der Waals surface area contributed by atoms with Gasteiger partial charge in [-0.1, -0.05) is 13.8 Å². The van der Waals surface area contributed by atoms with Gasteiger partial charge in [0.25, 0.3) is 0 Å². The Morgan fingerprint density at radius 3 is 2.74 bits per heavy atom. The van der Waals surface area contributed by atoms with Crippen molar-refractivity contribution in [2.45, 2.75) is 58.5 Å². The summed E-state index contributed by atoms with van der Waals surface area (Å²) in [7, 11) is 1.78. The van der Waals surface area contributed by atoms with Gasteiger partial charge in [-0.25, -0.2) is 0 Å². The van der Waals surface area contributed by atoms with Crippen molar-refractivity contribution in [1.82, 2.24) is 15.5 Å². The Labute approximate surface area is 184 Å². The van der Waals surface area contributed by atoms with Crippen molar-refractivity contribution in [2.24, 2.45) is 16.8 Å². The molecule has 1 fully saturated rings. The van der Waals surface area contributed by atoms with Crippen molar-refractivity contribution < 1.29 is 4.79 Å². The van der Waals surface area contributed by atoms with Crippen molar-refractivity contribution >= 4 is 47.2 Å². The summed E-state index contributed by atoms with van der Waals surface area (Å²) in [6.45, 7) is 6.51. The molecule has 0 unspecified atom stereocenters. The molecule has 0 bridgehead atoms. The molecule has 5 nitrogen and oxygen atoms in total. The van der Waals surface area contributed by atoms with E-state index in [0.29, 0.717) is 12.6 Å². The second kappa shape index (κ2) is 10.6. The summed E-state index contributed by atoms with van der Waals surface area (Å²) in [5.41, 5.74) is 1.30. The molecular formula is C20H33IN4OS. The molecule has 2 heterocycles. The highest BCUT2D eigenvalue weighted by atomic mass is 127. The monoisotopic (exact) mass is 504 g/mol. The van der Waals surface area contributed by atoms with Crippen molar-refractivity contribution in [2.75, 3.05) is 20.1 Å². The van der Waals surface area contributed by atoms with Gasteiger partial charge < -0.3 is 15.5 Å². The fraction of sp³-hybridized carbons (Fsp3) is 0.700. The number of nitrogens with zero attached hydrogens (tertiary/aromatic N) is 2. The zero-order chi connectivity index (χ0) is 18.5. The van der Waals surface area contributed by atoms with Crippen molar-refractivity contribution in [3.63, 3.8) is 0 Å². The number of fused-ring (bicyclic) bond motifs is 1. The molecule has 27 heavy (non-hydrogen) atoms. The van der Waals surface area contributed by atoms with Crippen LogP contribution in [0.4, 0.5) is 0 Å². The van der Waals surface area contributed by atoms with Crippen LogP contribution in [0.3, 0.4) is 0 Å². The standard InChI is InChI=1S/C20H32N4OS.HI/c1-14(2)15-4-6-17(7-5-15)23-20(21-3)22-12-19(25)24-10-8-18-16(13-24)9-11-26-18;/h9,11,14-15,17H,4-8,10,12-13H2,1-3H3,(H2,21,22,23);1H. The highest BCUT2D eigenvalue weighted by molar-refractivity contribution is 14.0. The summed E-state index contributed by atoms with van der Waals surface area (Å²) >= 11 is 1.80. The lowest BCUT2D eigenvalue weighted by molar-refractivity contribution is -0.130. The fourth-order valence-corrected chi connectivity index (χ4v) is 4.94. The summed E-state index contributed by atoms with van der Waals surface area (Å²) in [4.78, 5) is 20.2. The zero-order valence-corrected chi connectivity index (χ0v) is 19.8. The fourth-order valence-electron chi connectivity index (χ4n) is 4.05. The number of halogens is 1. The predicted molar refractivity (Wildman–Crippen MR) is 124 cm³/mol. The molecule has 1 aliphatic heterocycles. The molecule has 0 spiro atoms. The van der Waals surface area contributed by atoms with E-state index in [2.05, 4.69) is 40.9 Å². The van der Waals surface area contributed by atoms with Crippen LogP contribution < -0.4 is 10.6 Å². The number of rotatable bonds is 4. The average molecular weight is 504 g/mol. The molecule has 3 rings (SSSR count). The Bertz CT molecular complexity index is 638. The maximum atomic E-state index is 12.5. The van der Waals surface area contributed by atoms with Crippen LogP contribution in [0.2, 0.25) is 0 Å². The first kappa shape index (κ1) is 22.5. The van der Waals surface area contributed by atoms with Crippen LogP contribution >= 0.6 is 35.3 Å². The number of thiophene rings is 1. The van der Waals surface area contributed by atoms with Gasteiger partial charge >= 0.3 is 0 Å². The first-order chi connectivity index (χ1) is 12.6. The Morgan fingerprint density at radius 2 is 2.07 bits per heavy atom. The molecule has 1 aliphatic carbocycles. The summed E-state index contributed by atoms with van der Waals surface area (Å²) < 4.78 is 0. The molecule has 7 heteroatoms. The minimum Gasteiger partial charge on any atom is -0.354 e. The Hall–Kier alpha value is -0.830. The molecule has 1 aromatic rings. The highest BCUT2D eigenvalue weighted by Crippen LogP contribution is 2.29. The zero-order valence-electron chi connectivity index (χ0n) is 16.7. The van der Waals surface area contributed by atoms with Gasteiger partial charge in [-0.2, -0.15) is 0 Å². The van der Waals surface area contributed by atoms with Crippen molar-refractivity contribution in [3.8, 4) is 0 Å². The highest BCUT2D eigenvalue weighted by Gasteiger charge is 2.24. The largest absolute Gasteiger partial charge is 0.354 e. The average Bonchev–Trinajstić information content (AvgIpc) is 3.13. The predicted octanol–water partition coefficient (Wildman–Crippen LogP) is 3.63. The second-order valence-electron chi connectivity index (χ2n) is 7.86. The Morgan fingerprint density at radius 1 is 1.33 bits per heavy atom. The lowest BCUT2D eigenvalue weighted by Crippen LogP contribution is -2.49. The molecular weight excluding hydrogens is 471 g/mol. The summed E-state index contributed by atoms with van der Waals surface area (Å²) in [5.74, 6) is 2.53. The topological polar surface area (TPSA) is 56.7 Å².